The van der Waals surface area contributed by atoms with Crippen molar-refractivity contribution in [1.29, 1.82) is 0 Å². The van der Waals surface area contributed by atoms with Crippen molar-refractivity contribution >= 4 is 23.2 Å². The van der Waals surface area contributed by atoms with Gasteiger partial charge in [0.2, 0.25) is 5.78 Å². The number of alkyl carbamates (subject to hydrolysis) is 1. The van der Waals surface area contributed by atoms with Gasteiger partial charge in [-0.2, -0.15) is 0 Å². The number of unbranched alkanes of at least 4 members (excludes halogenated alkanes) is 1. The summed E-state index contributed by atoms with van der Waals surface area (Å²) in [4.78, 5) is 28.8. The maximum absolute atomic E-state index is 12.5. The summed E-state index contributed by atoms with van der Waals surface area (Å²) in [5.74, 6) is 0.532. The summed E-state index contributed by atoms with van der Waals surface area (Å²) in [6.07, 6.45) is 10.7. The zero-order chi connectivity index (χ0) is 18.1. The summed E-state index contributed by atoms with van der Waals surface area (Å²) >= 11 is 1.30. The standard InChI is InChI=1S/C19H30N2O3S/c1-3-4-10-16(17(22)18-20-11-12-25-18)21-19(23)24-14(2)13-15-8-6-5-7-9-15/h11-12,14-16H,3-10,13H2,1-2H3,(H,21,23)/t14-,16-/m0/s1. The van der Waals surface area contributed by atoms with Crippen LogP contribution in [-0.2, 0) is 4.74 Å². The molecule has 140 valence electrons. The molecule has 0 unspecified atom stereocenters. The van der Waals surface area contributed by atoms with E-state index in [1.54, 1.807) is 11.6 Å². The zero-order valence-electron chi connectivity index (χ0n) is 15.3. The molecule has 1 aliphatic rings. The summed E-state index contributed by atoms with van der Waals surface area (Å²) in [5, 5.41) is 4.98. The van der Waals surface area contributed by atoms with Crippen LogP contribution in [0.2, 0.25) is 0 Å². The first-order valence-electron chi connectivity index (χ1n) is 9.51. The minimum Gasteiger partial charge on any atom is -0.447 e. The summed E-state index contributed by atoms with van der Waals surface area (Å²) in [6.45, 7) is 4.01. The number of hydrogen-bond donors (Lipinski definition) is 1. The fourth-order valence-corrected chi connectivity index (χ4v) is 4.10. The van der Waals surface area contributed by atoms with Crippen LogP contribution in [0.4, 0.5) is 4.79 Å². The Balaban J connectivity index is 1.84. The molecule has 5 nitrogen and oxygen atoms in total. The Morgan fingerprint density at radius 2 is 2.12 bits per heavy atom. The first-order valence-corrected chi connectivity index (χ1v) is 10.4. The number of thiazole rings is 1. The molecule has 1 saturated carbocycles. The van der Waals surface area contributed by atoms with Crippen LogP contribution in [-0.4, -0.2) is 29.0 Å². The number of ether oxygens (including phenoxy) is 1. The van der Waals surface area contributed by atoms with Crippen molar-refractivity contribution in [2.75, 3.05) is 0 Å². The molecule has 1 heterocycles. The lowest BCUT2D eigenvalue weighted by Gasteiger charge is -2.25. The van der Waals surface area contributed by atoms with E-state index in [-0.39, 0.29) is 11.9 Å². The molecule has 1 N–H and O–H groups in total. The first-order chi connectivity index (χ1) is 12.1. The van der Waals surface area contributed by atoms with E-state index < -0.39 is 12.1 Å². The molecule has 1 amide bonds. The van der Waals surface area contributed by atoms with E-state index in [1.165, 1.54) is 43.4 Å². The quantitative estimate of drug-likeness (QED) is 0.627. The fraction of sp³-hybridized carbons (Fsp3) is 0.737. The Kier molecular flexibility index (Phi) is 8.38. The Bertz CT molecular complexity index is 527. The maximum Gasteiger partial charge on any atom is 0.407 e. The topological polar surface area (TPSA) is 68.3 Å². The van der Waals surface area contributed by atoms with Gasteiger partial charge in [-0.15, -0.1) is 11.3 Å². The summed E-state index contributed by atoms with van der Waals surface area (Å²) < 4.78 is 5.51. The molecule has 1 aromatic heterocycles. The second-order valence-electron chi connectivity index (χ2n) is 7.00. The molecule has 0 saturated heterocycles. The van der Waals surface area contributed by atoms with Gasteiger partial charge in [0.05, 0.1) is 6.04 Å². The molecule has 0 radical (unpaired) electrons. The van der Waals surface area contributed by atoms with Gasteiger partial charge in [0.15, 0.2) is 5.01 Å². The number of nitrogens with one attached hydrogen (secondary N) is 1. The smallest absolute Gasteiger partial charge is 0.407 e. The van der Waals surface area contributed by atoms with Crippen LogP contribution in [0.15, 0.2) is 11.6 Å². The van der Waals surface area contributed by atoms with Gasteiger partial charge in [0.1, 0.15) is 6.10 Å². The molecule has 0 spiro atoms. The molecule has 25 heavy (non-hydrogen) atoms. The van der Waals surface area contributed by atoms with Crippen molar-refractivity contribution in [3.63, 3.8) is 0 Å². The lowest BCUT2D eigenvalue weighted by molar-refractivity contribution is 0.0777. The highest BCUT2D eigenvalue weighted by Crippen LogP contribution is 2.28. The van der Waals surface area contributed by atoms with E-state index in [0.717, 1.165) is 19.3 Å². The molecule has 0 aliphatic heterocycles. The number of ketones is 1. The van der Waals surface area contributed by atoms with Gasteiger partial charge in [0.25, 0.3) is 0 Å². The molecule has 2 atom stereocenters. The minimum atomic E-state index is -0.555. The molecule has 0 aromatic carbocycles. The summed E-state index contributed by atoms with van der Waals surface area (Å²) in [7, 11) is 0. The Labute approximate surface area is 154 Å². The van der Waals surface area contributed by atoms with Crippen molar-refractivity contribution in [2.45, 2.75) is 83.8 Å². The average Bonchev–Trinajstić information content (AvgIpc) is 3.13. The van der Waals surface area contributed by atoms with Crippen molar-refractivity contribution in [2.24, 2.45) is 5.92 Å². The lowest BCUT2D eigenvalue weighted by atomic mass is 9.86. The number of amides is 1. The number of carbonyl (C=O) groups is 2. The highest BCUT2D eigenvalue weighted by molar-refractivity contribution is 7.11. The monoisotopic (exact) mass is 366 g/mol. The third-order valence-electron chi connectivity index (χ3n) is 4.80. The molecule has 1 aromatic rings. The molecular weight excluding hydrogens is 336 g/mol. The lowest BCUT2D eigenvalue weighted by Crippen LogP contribution is -2.42. The van der Waals surface area contributed by atoms with Gasteiger partial charge in [0, 0.05) is 11.6 Å². The van der Waals surface area contributed by atoms with Gasteiger partial charge in [-0.05, 0) is 25.7 Å². The third-order valence-corrected chi connectivity index (χ3v) is 5.58. The highest BCUT2D eigenvalue weighted by Gasteiger charge is 2.25. The Morgan fingerprint density at radius 3 is 2.76 bits per heavy atom. The van der Waals surface area contributed by atoms with Crippen LogP contribution in [0, 0.1) is 5.92 Å². The van der Waals surface area contributed by atoms with Gasteiger partial charge in [-0.1, -0.05) is 51.9 Å². The molecule has 1 aliphatic carbocycles. The molecule has 0 bridgehead atoms. The summed E-state index contributed by atoms with van der Waals surface area (Å²) in [5.41, 5.74) is 0. The molecular formula is C19H30N2O3S. The largest absolute Gasteiger partial charge is 0.447 e. The van der Waals surface area contributed by atoms with Crippen molar-refractivity contribution in [1.82, 2.24) is 10.3 Å². The van der Waals surface area contributed by atoms with Gasteiger partial charge in [-0.25, -0.2) is 9.78 Å². The molecule has 1 fully saturated rings. The molecule has 2 rings (SSSR count). The maximum atomic E-state index is 12.5. The van der Waals surface area contributed by atoms with Crippen LogP contribution in [0.25, 0.3) is 0 Å². The zero-order valence-corrected chi connectivity index (χ0v) is 16.1. The van der Waals surface area contributed by atoms with E-state index in [9.17, 15) is 9.59 Å². The van der Waals surface area contributed by atoms with E-state index in [2.05, 4.69) is 17.2 Å². The SMILES string of the molecule is CCCC[C@H](NC(=O)O[C@@H](C)CC1CCCCC1)C(=O)c1nccs1. The molecule has 6 heteroatoms. The van der Waals surface area contributed by atoms with E-state index >= 15 is 0 Å². The van der Waals surface area contributed by atoms with Gasteiger partial charge in [-0.3, -0.25) is 4.79 Å². The van der Waals surface area contributed by atoms with Gasteiger partial charge < -0.3 is 10.1 Å². The Morgan fingerprint density at radius 1 is 1.36 bits per heavy atom. The van der Waals surface area contributed by atoms with Crippen LogP contribution in [0.3, 0.4) is 0 Å². The van der Waals surface area contributed by atoms with Gasteiger partial charge >= 0.3 is 6.09 Å². The van der Waals surface area contributed by atoms with Crippen LogP contribution in [0.5, 0.6) is 0 Å². The van der Waals surface area contributed by atoms with Crippen LogP contribution >= 0.6 is 11.3 Å². The first kappa shape index (κ1) is 19.9. The summed E-state index contributed by atoms with van der Waals surface area (Å²) in [6, 6.07) is -0.555. The van der Waals surface area contributed by atoms with Crippen molar-refractivity contribution < 1.29 is 14.3 Å². The Hall–Kier alpha value is -1.43. The number of Topliss-reactive ketones (excluding diaryl/α,β-unsaturated/α-hetero) is 1. The predicted molar refractivity (Wildman–Crippen MR) is 100 cm³/mol. The predicted octanol–water partition coefficient (Wildman–Crippen LogP) is 4.97. The number of aromatic nitrogens is 1. The second-order valence-corrected chi connectivity index (χ2v) is 7.89. The number of rotatable bonds is 9. The van der Waals surface area contributed by atoms with Crippen molar-refractivity contribution in [3.05, 3.63) is 16.6 Å². The average molecular weight is 367 g/mol. The van der Waals surface area contributed by atoms with Crippen LogP contribution in [0.1, 0.15) is 81.4 Å². The third kappa shape index (κ3) is 6.77. The number of carbonyl (C=O) groups excluding carboxylic acids is 2. The van der Waals surface area contributed by atoms with E-state index in [4.69, 9.17) is 4.74 Å². The van der Waals surface area contributed by atoms with E-state index in [1.807, 2.05) is 6.92 Å². The highest BCUT2D eigenvalue weighted by atomic mass is 32.1. The fourth-order valence-electron chi connectivity index (χ4n) is 3.47. The second kappa shape index (κ2) is 10.5. The number of hydrogen-bond acceptors (Lipinski definition) is 5. The van der Waals surface area contributed by atoms with E-state index in [0.29, 0.717) is 17.3 Å². The number of nitrogens with zero attached hydrogens (tertiary/aromatic N) is 1. The van der Waals surface area contributed by atoms with Crippen LogP contribution < -0.4 is 5.32 Å². The van der Waals surface area contributed by atoms with Crippen molar-refractivity contribution in [3.8, 4) is 0 Å². The normalized spacial score (nSPS) is 17.7. The minimum absolute atomic E-state index is 0.120.